The summed E-state index contributed by atoms with van der Waals surface area (Å²) in [6.07, 6.45) is 5.41. The fraction of sp³-hybridized carbons (Fsp3) is 0.478. The fourth-order valence-electron chi connectivity index (χ4n) is 3.69. The summed E-state index contributed by atoms with van der Waals surface area (Å²) in [5, 5.41) is 6.95. The topological polar surface area (TPSA) is 71.0 Å². The predicted molar refractivity (Wildman–Crippen MR) is 119 cm³/mol. The smallest absolute Gasteiger partial charge is 0.213 e. The first-order valence-electron chi connectivity index (χ1n) is 10.7. The number of benzene rings is 1. The maximum Gasteiger partial charge on any atom is 0.213 e. The Balaban J connectivity index is 1.27. The summed E-state index contributed by atoms with van der Waals surface area (Å²) in [7, 11) is 3.52. The second-order valence-electron chi connectivity index (χ2n) is 7.93. The number of pyridine rings is 1. The van der Waals surface area contributed by atoms with Crippen molar-refractivity contribution in [2.45, 2.75) is 31.8 Å². The molecule has 1 aliphatic carbocycles. The summed E-state index contributed by atoms with van der Waals surface area (Å²) in [6.45, 7) is 3.35. The van der Waals surface area contributed by atoms with Gasteiger partial charge in [0.25, 0.3) is 0 Å². The Morgan fingerprint density at radius 3 is 2.90 bits per heavy atom. The van der Waals surface area contributed by atoms with Gasteiger partial charge in [-0.25, -0.2) is 4.98 Å². The fourth-order valence-corrected chi connectivity index (χ4v) is 3.69. The molecule has 1 aromatic carbocycles. The van der Waals surface area contributed by atoms with Gasteiger partial charge in [0.05, 0.1) is 19.4 Å². The molecule has 0 amide bonds. The number of aliphatic imine (C=N–C) groups is 1. The maximum atomic E-state index is 5.78. The SMILES string of the molecule is CN=C(NCc1ccnc(OCC2CC2)c1)NC1CCN(c2ccccc2OC)C1. The van der Waals surface area contributed by atoms with Crippen LogP contribution in [0.25, 0.3) is 0 Å². The Hall–Kier alpha value is -2.96. The molecule has 30 heavy (non-hydrogen) atoms. The van der Waals surface area contributed by atoms with Crippen molar-refractivity contribution in [2.24, 2.45) is 10.9 Å². The van der Waals surface area contributed by atoms with E-state index in [0.29, 0.717) is 18.5 Å². The zero-order chi connectivity index (χ0) is 20.8. The molecule has 0 radical (unpaired) electrons. The largest absolute Gasteiger partial charge is 0.495 e. The molecule has 1 saturated carbocycles. The first kappa shape index (κ1) is 20.3. The van der Waals surface area contributed by atoms with Crippen LogP contribution >= 0.6 is 0 Å². The number of methoxy groups -OCH3 is 1. The Labute approximate surface area is 178 Å². The summed E-state index contributed by atoms with van der Waals surface area (Å²) >= 11 is 0. The van der Waals surface area contributed by atoms with E-state index in [1.54, 1.807) is 20.4 Å². The molecular formula is C23H31N5O2. The number of hydrogen-bond donors (Lipinski definition) is 2. The lowest BCUT2D eigenvalue weighted by Crippen LogP contribution is -2.44. The average molecular weight is 410 g/mol. The van der Waals surface area contributed by atoms with Gasteiger partial charge in [0, 0.05) is 45.0 Å². The van der Waals surface area contributed by atoms with Crippen LogP contribution in [-0.4, -0.2) is 50.8 Å². The van der Waals surface area contributed by atoms with Crippen LogP contribution in [-0.2, 0) is 6.54 Å². The minimum Gasteiger partial charge on any atom is -0.495 e. The molecule has 0 spiro atoms. The van der Waals surface area contributed by atoms with Crippen molar-refractivity contribution >= 4 is 11.6 Å². The predicted octanol–water partition coefficient (Wildman–Crippen LogP) is 2.82. The van der Waals surface area contributed by atoms with E-state index in [9.17, 15) is 0 Å². The third-order valence-electron chi connectivity index (χ3n) is 5.60. The highest BCUT2D eigenvalue weighted by molar-refractivity contribution is 5.80. The normalized spacial score (nSPS) is 18.9. The summed E-state index contributed by atoms with van der Waals surface area (Å²) in [5.74, 6) is 3.14. The highest BCUT2D eigenvalue weighted by Crippen LogP contribution is 2.30. The third-order valence-corrected chi connectivity index (χ3v) is 5.60. The number of para-hydroxylation sites is 2. The number of aromatic nitrogens is 1. The van der Waals surface area contributed by atoms with Crippen LogP contribution in [0.2, 0.25) is 0 Å². The van der Waals surface area contributed by atoms with Gasteiger partial charge in [-0.3, -0.25) is 4.99 Å². The van der Waals surface area contributed by atoms with Gasteiger partial charge in [-0.1, -0.05) is 12.1 Å². The minimum absolute atomic E-state index is 0.330. The molecule has 2 N–H and O–H groups in total. The minimum atomic E-state index is 0.330. The zero-order valence-electron chi connectivity index (χ0n) is 17.8. The molecule has 7 heteroatoms. The summed E-state index contributed by atoms with van der Waals surface area (Å²) in [6, 6.07) is 12.5. The first-order chi connectivity index (χ1) is 14.7. The number of nitrogens with one attached hydrogen (secondary N) is 2. The second-order valence-corrected chi connectivity index (χ2v) is 7.93. The van der Waals surface area contributed by atoms with Crippen LogP contribution in [0.3, 0.4) is 0 Å². The molecule has 7 nitrogen and oxygen atoms in total. The van der Waals surface area contributed by atoms with Gasteiger partial charge in [-0.15, -0.1) is 0 Å². The van der Waals surface area contributed by atoms with Crippen LogP contribution in [0.5, 0.6) is 11.6 Å². The van der Waals surface area contributed by atoms with Crippen molar-refractivity contribution in [3.8, 4) is 11.6 Å². The molecule has 2 aromatic rings. The van der Waals surface area contributed by atoms with Gasteiger partial charge in [0.15, 0.2) is 5.96 Å². The summed E-state index contributed by atoms with van der Waals surface area (Å²) in [5.41, 5.74) is 2.27. The van der Waals surface area contributed by atoms with Crippen LogP contribution in [0, 0.1) is 5.92 Å². The van der Waals surface area contributed by atoms with Crippen LogP contribution < -0.4 is 25.0 Å². The molecule has 1 atom stereocenters. The lowest BCUT2D eigenvalue weighted by Gasteiger charge is -2.22. The van der Waals surface area contributed by atoms with Gasteiger partial charge in [-0.2, -0.15) is 0 Å². The highest BCUT2D eigenvalue weighted by Gasteiger charge is 2.25. The number of anilines is 1. The highest BCUT2D eigenvalue weighted by atomic mass is 16.5. The standard InChI is InChI=1S/C23H31N5O2/c1-24-23(26-14-18-9-11-25-22(13-18)30-16-17-7-8-17)27-19-10-12-28(15-19)20-5-3-4-6-21(20)29-2/h3-6,9,11,13,17,19H,7-8,10,12,14-16H2,1-2H3,(H2,24,26,27). The van der Waals surface area contributed by atoms with Gasteiger partial charge in [-0.05, 0) is 48.9 Å². The van der Waals surface area contributed by atoms with Crippen LogP contribution in [0.15, 0.2) is 47.6 Å². The van der Waals surface area contributed by atoms with Gasteiger partial charge in [0.1, 0.15) is 5.75 Å². The lowest BCUT2D eigenvalue weighted by atomic mass is 10.2. The lowest BCUT2D eigenvalue weighted by molar-refractivity contribution is 0.288. The number of guanidine groups is 1. The quantitative estimate of drug-likeness (QED) is 0.516. The molecular weight excluding hydrogens is 378 g/mol. The molecule has 160 valence electrons. The van der Waals surface area contributed by atoms with E-state index in [4.69, 9.17) is 9.47 Å². The van der Waals surface area contributed by atoms with Crippen molar-refractivity contribution in [2.75, 3.05) is 38.8 Å². The molecule has 2 fully saturated rings. The molecule has 1 aliphatic heterocycles. The van der Waals surface area contributed by atoms with Gasteiger partial charge >= 0.3 is 0 Å². The molecule has 1 aromatic heterocycles. The van der Waals surface area contributed by atoms with E-state index in [1.165, 1.54) is 12.8 Å². The monoisotopic (exact) mass is 409 g/mol. The van der Waals surface area contributed by atoms with Crippen molar-refractivity contribution in [3.63, 3.8) is 0 Å². The summed E-state index contributed by atoms with van der Waals surface area (Å²) < 4.78 is 11.3. The maximum absolute atomic E-state index is 5.78. The zero-order valence-corrected chi connectivity index (χ0v) is 17.8. The Bertz CT molecular complexity index is 868. The number of nitrogens with zero attached hydrogens (tertiary/aromatic N) is 3. The van der Waals surface area contributed by atoms with E-state index in [1.807, 2.05) is 24.3 Å². The average Bonchev–Trinajstić information content (AvgIpc) is 3.51. The van der Waals surface area contributed by atoms with Gasteiger partial charge in [0.2, 0.25) is 5.88 Å². The van der Waals surface area contributed by atoms with Crippen molar-refractivity contribution in [1.29, 1.82) is 0 Å². The van der Waals surface area contributed by atoms with E-state index in [0.717, 1.165) is 55.0 Å². The van der Waals surface area contributed by atoms with Gasteiger partial charge < -0.3 is 25.0 Å². The molecule has 1 unspecified atom stereocenters. The van der Waals surface area contributed by atoms with Crippen molar-refractivity contribution in [3.05, 3.63) is 48.2 Å². The number of hydrogen-bond acceptors (Lipinski definition) is 5. The molecule has 4 rings (SSSR count). The molecule has 2 aliphatic rings. The molecule has 1 saturated heterocycles. The first-order valence-corrected chi connectivity index (χ1v) is 10.7. The van der Waals surface area contributed by atoms with Crippen molar-refractivity contribution in [1.82, 2.24) is 15.6 Å². The van der Waals surface area contributed by atoms with E-state index in [-0.39, 0.29) is 0 Å². The number of rotatable bonds is 8. The third kappa shape index (κ3) is 5.34. The van der Waals surface area contributed by atoms with Crippen LogP contribution in [0.1, 0.15) is 24.8 Å². The van der Waals surface area contributed by atoms with Crippen LogP contribution in [0.4, 0.5) is 5.69 Å². The van der Waals surface area contributed by atoms with E-state index < -0.39 is 0 Å². The Morgan fingerprint density at radius 1 is 1.23 bits per heavy atom. The Kier molecular flexibility index (Phi) is 6.57. The molecule has 2 heterocycles. The van der Waals surface area contributed by atoms with Crippen molar-refractivity contribution < 1.29 is 9.47 Å². The second kappa shape index (κ2) is 9.69. The molecule has 0 bridgehead atoms. The van der Waals surface area contributed by atoms with E-state index >= 15 is 0 Å². The number of ether oxygens (including phenoxy) is 2. The summed E-state index contributed by atoms with van der Waals surface area (Å²) in [4.78, 5) is 11.1. The van der Waals surface area contributed by atoms with E-state index in [2.05, 4.69) is 37.6 Å². The Morgan fingerprint density at radius 2 is 2.10 bits per heavy atom.